The molecule has 0 bridgehead atoms. The van der Waals surface area contributed by atoms with Gasteiger partial charge in [0.05, 0.1) is 6.10 Å². The molecule has 0 aliphatic heterocycles. The average Bonchev–Trinajstić information content (AvgIpc) is 2.79. The third-order valence-electron chi connectivity index (χ3n) is 8.55. The first kappa shape index (κ1) is 18.8. The Bertz CT molecular complexity index is 789. The van der Waals surface area contributed by atoms with Crippen LogP contribution in [0.4, 0.5) is 4.39 Å². The first-order valence-electron chi connectivity index (χ1n) is 9.70. The molecule has 0 saturated heterocycles. The Morgan fingerprint density at radius 1 is 1.30 bits per heavy atom. The summed E-state index contributed by atoms with van der Waals surface area (Å²) in [5, 5.41) is 31.9. The van der Waals surface area contributed by atoms with E-state index in [1.165, 1.54) is 12.2 Å². The maximum atomic E-state index is 16.8. The normalized spacial score (nSPS) is 54.0. The zero-order chi connectivity index (χ0) is 20.0. The van der Waals surface area contributed by atoms with Gasteiger partial charge in [0.15, 0.2) is 17.1 Å². The molecular weight excluding hydrogens is 351 g/mol. The van der Waals surface area contributed by atoms with Crippen LogP contribution < -0.4 is 0 Å². The summed E-state index contributed by atoms with van der Waals surface area (Å²) in [6.45, 7) is 5.10. The van der Waals surface area contributed by atoms with Crippen molar-refractivity contribution in [3.05, 3.63) is 23.8 Å². The number of carboxylic acid groups (broad SMARTS) is 1. The first-order valence-corrected chi connectivity index (χ1v) is 9.70. The molecule has 6 heteroatoms. The third kappa shape index (κ3) is 1.91. The fourth-order valence-electron chi connectivity index (χ4n) is 7.00. The second-order valence-corrected chi connectivity index (χ2v) is 9.47. The molecule has 0 radical (unpaired) electrons. The summed E-state index contributed by atoms with van der Waals surface area (Å²) in [6, 6.07) is 0. The van der Waals surface area contributed by atoms with Gasteiger partial charge in [-0.3, -0.25) is 4.79 Å². The molecule has 2 unspecified atom stereocenters. The molecule has 148 valence electrons. The number of carbonyl (C=O) groups is 2. The molecule has 0 aromatic heterocycles. The molecule has 4 aliphatic rings. The molecule has 8 atom stereocenters. The molecule has 0 aromatic carbocycles. The van der Waals surface area contributed by atoms with Crippen molar-refractivity contribution in [2.24, 2.45) is 28.6 Å². The highest BCUT2D eigenvalue weighted by Gasteiger charge is 2.76. The molecule has 3 N–H and O–H groups in total. The van der Waals surface area contributed by atoms with Crippen molar-refractivity contribution in [3.8, 4) is 0 Å². The highest BCUT2D eigenvalue weighted by Crippen LogP contribution is 2.70. The van der Waals surface area contributed by atoms with Gasteiger partial charge in [-0.2, -0.15) is 0 Å². The predicted molar refractivity (Wildman–Crippen MR) is 95.5 cm³/mol. The average molecular weight is 378 g/mol. The molecule has 3 saturated carbocycles. The van der Waals surface area contributed by atoms with E-state index in [9.17, 15) is 24.9 Å². The lowest BCUT2D eigenvalue weighted by Crippen LogP contribution is -2.69. The number of fused-ring (bicyclic) bond motifs is 5. The van der Waals surface area contributed by atoms with E-state index < -0.39 is 46.0 Å². The Morgan fingerprint density at radius 2 is 1.96 bits per heavy atom. The van der Waals surface area contributed by atoms with Gasteiger partial charge in [-0.05, 0) is 56.6 Å². The van der Waals surface area contributed by atoms with Crippen molar-refractivity contribution in [2.75, 3.05) is 0 Å². The van der Waals surface area contributed by atoms with Crippen molar-refractivity contribution in [2.45, 2.75) is 63.8 Å². The first-order chi connectivity index (χ1) is 12.4. The Balaban J connectivity index is 1.85. The third-order valence-corrected chi connectivity index (χ3v) is 8.55. The summed E-state index contributed by atoms with van der Waals surface area (Å²) < 4.78 is 16.8. The van der Waals surface area contributed by atoms with Crippen LogP contribution >= 0.6 is 0 Å². The minimum atomic E-state index is -2.00. The Labute approximate surface area is 158 Å². The van der Waals surface area contributed by atoms with Gasteiger partial charge >= 0.3 is 5.97 Å². The molecule has 0 aromatic rings. The number of halogens is 1. The number of aliphatic carboxylic acids is 1. The van der Waals surface area contributed by atoms with Gasteiger partial charge in [0, 0.05) is 16.7 Å². The van der Waals surface area contributed by atoms with Gasteiger partial charge in [0.25, 0.3) is 0 Å². The van der Waals surface area contributed by atoms with Crippen molar-refractivity contribution in [3.63, 3.8) is 0 Å². The molecule has 27 heavy (non-hydrogen) atoms. The number of aliphatic hydroxyl groups is 2. The number of carbonyl (C=O) groups excluding carboxylic acids is 1. The van der Waals surface area contributed by atoms with Crippen LogP contribution in [0.1, 0.15) is 46.5 Å². The molecule has 4 rings (SSSR count). The lowest BCUT2D eigenvalue weighted by molar-refractivity contribution is -0.225. The Morgan fingerprint density at radius 3 is 2.59 bits per heavy atom. The van der Waals surface area contributed by atoms with Gasteiger partial charge < -0.3 is 15.3 Å². The van der Waals surface area contributed by atoms with Gasteiger partial charge in [-0.15, -0.1) is 0 Å². The number of ketones is 1. The lowest BCUT2D eigenvalue weighted by atomic mass is 9.45. The van der Waals surface area contributed by atoms with Crippen molar-refractivity contribution in [1.29, 1.82) is 0 Å². The van der Waals surface area contributed by atoms with Crippen LogP contribution in [-0.2, 0) is 9.59 Å². The summed E-state index contributed by atoms with van der Waals surface area (Å²) in [4.78, 5) is 23.8. The van der Waals surface area contributed by atoms with Crippen LogP contribution in [-0.4, -0.2) is 44.4 Å². The fraction of sp³-hybridized carbons (Fsp3) is 0.714. The number of hydrogen-bond acceptors (Lipinski definition) is 4. The SMILES string of the molecule is C[C@H]1CC2C3CCC4=CC(=O)C=C[C@]4(C)[C@@]3(F)[C@@H](O)C[C@]2(C)[C@@]1(O)C(=O)O. The summed E-state index contributed by atoms with van der Waals surface area (Å²) in [7, 11) is 0. The highest BCUT2D eigenvalue weighted by atomic mass is 19.1. The smallest absolute Gasteiger partial charge is 0.336 e. The zero-order valence-electron chi connectivity index (χ0n) is 15.9. The molecule has 5 nitrogen and oxygen atoms in total. The maximum Gasteiger partial charge on any atom is 0.336 e. The largest absolute Gasteiger partial charge is 0.479 e. The molecule has 0 spiro atoms. The van der Waals surface area contributed by atoms with E-state index in [2.05, 4.69) is 0 Å². The standard InChI is InChI=1S/C21H27FO5/c1-11-8-15-14-5-4-12-9-13(23)6-7-18(12,2)20(14,22)16(24)10-19(15,3)21(11,27)17(25)26/h6-7,9,11,14-16,24,27H,4-5,8,10H2,1-3H3,(H,25,26)/t11-,14?,15?,16-,18-,19-,20-,21-/m0/s1. The van der Waals surface area contributed by atoms with Gasteiger partial charge in [-0.25, -0.2) is 9.18 Å². The number of carboxylic acids is 1. The van der Waals surface area contributed by atoms with E-state index in [1.54, 1.807) is 26.8 Å². The second kappa shape index (κ2) is 5.29. The van der Waals surface area contributed by atoms with Gasteiger partial charge in [0.2, 0.25) is 0 Å². The van der Waals surface area contributed by atoms with Crippen molar-refractivity contribution < 1.29 is 29.3 Å². The predicted octanol–water partition coefficient (Wildman–Crippen LogP) is 2.42. The monoisotopic (exact) mass is 378 g/mol. The molecular formula is C21H27FO5. The minimum Gasteiger partial charge on any atom is -0.479 e. The molecule has 4 aliphatic carbocycles. The zero-order valence-corrected chi connectivity index (χ0v) is 15.9. The summed E-state index contributed by atoms with van der Waals surface area (Å²) in [5.41, 5.74) is -5.51. The minimum absolute atomic E-state index is 0.123. The molecule has 3 fully saturated rings. The number of allylic oxidation sites excluding steroid dienone is 4. The number of hydrogen-bond donors (Lipinski definition) is 3. The highest BCUT2D eigenvalue weighted by molar-refractivity contribution is 6.01. The van der Waals surface area contributed by atoms with Crippen LogP contribution in [0.5, 0.6) is 0 Å². The van der Waals surface area contributed by atoms with E-state index in [4.69, 9.17) is 0 Å². The second-order valence-electron chi connectivity index (χ2n) is 9.47. The van der Waals surface area contributed by atoms with Gasteiger partial charge in [0.1, 0.15) is 0 Å². The Hall–Kier alpha value is -1.53. The topological polar surface area (TPSA) is 94.8 Å². The summed E-state index contributed by atoms with van der Waals surface area (Å²) >= 11 is 0. The van der Waals surface area contributed by atoms with E-state index in [0.717, 1.165) is 0 Å². The van der Waals surface area contributed by atoms with Crippen LogP contribution in [0.25, 0.3) is 0 Å². The molecule has 0 heterocycles. The van der Waals surface area contributed by atoms with Crippen molar-refractivity contribution in [1.82, 2.24) is 0 Å². The van der Waals surface area contributed by atoms with Crippen LogP contribution in [0.3, 0.4) is 0 Å². The lowest BCUT2D eigenvalue weighted by Gasteiger charge is -2.62. The van der Waals surface area contributed by atoms with E-state index in [-0.39, 0.29) is 18.1 Å². The van der Waals surface area contributed by atoms with E-state index in [1.807, 2.05) is 0 Å². The Kier molecular flexibility index (Phi) is 3.69. The molecule has 0 amide bonds. The maximum absolute atomic E-state index is 16.8. The summed E-state index contributed by atoms with van der Waals surface area (Å²) in [6.07, 6.45) is 4.22. The van der Waals surface area contributed by atoms with Crippen LogP contribution in [0.15, 0.2) is 23.8 Å². The number of aliphatic hydroxyl groups excluding tert-OH is 1. The number of alkyl halides is 1. The number of rotatable bonds is 1. The van der Waals surface area contributed by atoms with Crippen LogP contribution in [0.2, 0.25) is 0 Å². The summed E-state index contributed by atoms with van der Waals surface area (Å²) in [5.74, 6) is -2.94. The fourth-order valence-corrected chi connectivity index (χ4v) is 7.00. The van der Waals surface area contributed by atoms with Gasteiger partial charge in [-0.1, -0.05) is 25.5 Å². The van der Waals surface area contributed by atoms with Crippen LogP contribution in [0, 0.1) is 28.6 Å². The van der Waals surface area contributed by atoms with Crippen molar-refractivity contribution >= 4 is 11.8 Å². The van der Waals surface area contributed by atoms with E-state index >= 15 is 4.39 Å². The quantitative estimate of drug-likeness (QED) is 0.651. The van der Waals surface area contributed by atoms with E-state index in [0.29, 0.717) is 24.8 Å².